The zero-order valence-electron chi connectivity index (χ0n) is 14.9. The quantitative estimate of drug-likeness (QED) is 0.812. The van der Waals surface area contributed by atoms with E-state index in [0.717, 1.165) is 16.9 Å². The van der Waals surface area contributed by atoms with E-state index in [9.17, 15) is 4.79 Å². The van der Waals surface area contributed by atoms with Gasteiger partial charge in [-0.3, -0.25) is 4.79 Å². The fraction of sp³-hybridized carbons (Fsp3) is 0.200. The van der Waals surface area contributed by atoms with E-state index in [1.165, 1.54) is 0 Å². The molecule has 0 aromatic heterocycles. The molecule has 1 aliphatic heterocycles. The molecule has 134 valence electrons. The van der Waals surface area contributed by atoms with Gasteiger partial charge < -0.3 is 19.5 Å². The Morgan fingerprint density at radius 3 is 2.12 bits per heavy atom. The molecule has 0 aliphatic carbocycles. The molecule has 0 fully saturated rings. The molecule has 1 amide bonds. The first kappa shape index (κ1) is 17.5. The maximum atomic E-state index is 12.2. The fourth-order valence-corrected chi connectivity index (χ4v) is 2.61. The second-order valence-corrected chi connectivity index (χ2v) is 5.71. The summed E-state index contributed by atoms with van der Waals surface area (Å²) < 4.78 is 15.7. The van der Waals surface area contributed by atoms with Gasteiger partial charge in [-0.25, -0.2) is 4.99 Å². The van der Waals surface area contributed by atoms with E-state index in [4.69, 9.17) is 14.2 Å². The number of benzene rings is 2. The van der Waals surface area contributed by atoms with Crippen LogP contribution in [0.25, 0.3) is 6.08 Å². The Morgan fingerprint density at radius 1 is 0.923 bits per heavy atom. The van der Waals surface area contributed by atoms with Crippen LogP contribution in [-0.4, -0.2) is 33.1 Å². The lowest BCUT2D eigenvalue weighted by Gasteiger charge is -2.05. The monoisotopic (exact) mass is 352 g/mol. The summed E-state index contributed by atoms with van der Waals surface area (Å²) in [5, 5.41) is 2.81. The lowest BCUT2D eigenvalue weighted by molar-refractivity contribution is -0.115. The molecule has 2 aromatic rings. The molecule has 1 aliphatic rings. The molecule has 6 heteroatoms. The normalized spacial score (nSPS) is 14.8. The lowest BCUT2D eigenvalue weighted by atomic mass is 10.1. The van der Waals surface area contributed by atoms with Crippen molar-refractivity contribution in [2.45, 2.75) is 6.42 Å². The Bertz CT molecular complexity index is 848. The van der Waals surface area contributed by atoms with Crippen molar-refractivity contribution in [2.24, 2.45) is 4.99 Å². The van der Waals surface area contributed by atoms with Crippen LogP contribution in [0.5, 0.6) is 17.2 Å². The van der Waals surface area contributed by atoms with Gasteiger partial charge in [-0.15, -0.1) is 0 Å². The Kier molecular flexibility index (Phi) is 5.22. The SMILES string of the molecule is COc1ccc(CC2=N/C(=C/c3cc(OC)cc(OC)c3)C(=O)N2)cc1. The van der Waals surface area contributed by atoms with Gasteiger partial charge in [0.05, 0.1) is 21.3 Å². The van der Waals surface area contributed by atoms with Crippen molar-refractivity contribution in [3.8, 4) is 17.2 Å². The van der Waals surface area contributed by atoms with Gasteiger partial charge in [-0.2, -0.15) is 0 Å². The molecular weight excluding hydrogens is 332 g/mol. The number of amides is 1. The Balaban J connectivity index is 1.81. The van der Waals surface area contributed by atoms with E-state index < -0.39 is 0 Å². The molecule has 3 rings (SSSR count). The topological polar surface area (TPSA) is 69.1 Å². The zero-order chi connectivity index (χ0) is 18.5. The Morgan fingerprint density at radius 2 is 1.54 bits per heavy atom. The van der Waals surface area contributed by atoms with Crippen LogP contribution in [-0.2, 0) is 11.2 Å². The third kappa shape index (κ3) is 4.03. The Labute approximate surface area is 152 Å². The summed E-state index contributed by atoms with van der Waals surface area (Å²) in [6, 6.07) is 13.1. The minimum Gasteiger partial charge on any atom is -0.497 e. The number of ether oxygens (including phenoxy) is 3. The molecule has 2 aromatic carbocycles. The molecule has 1 N–H and O–H groups in total. The molecule has 0 atom stereocenters. The third-order valence-electron chi connectivity index (χ3n) is 3.95. The van der Waals surface area contributed by atoms with Gasteiger partial charge in [0.25, 0.3) is 5.91 Å². The number of methoxy groups -OCH3 is 3. The number of carbonyl (C=O) groups excluding carboxylic acids is 1. The maximum Gasteiger partial charge on any atom is 0.275 e. The van der Waals surface area contributed by atoms with Gasteiger partial charge in [0.2, 0.25) is 0 Å². The average molecular weight is 352 g/mol. The maximum absolute atomic E-state index is 12.2. The van der Waals surface area contributed by atoms with Gasteiger partial charge >= 0.3 is 0 Å². The predicted molar refractivity (Wildman–Crippen MR) is 99.8 cm³/mol. The third-order valence-corrected chi connectivity index (χ3v) is 3.95. The number of hydrogen-bond donors (Lipinski definition) is 1. The number of rotatable bonds is 6. The fourth-order valence-electron chi connectivity index (χ4n) is 2.61. The van der Waals surface area contributed by atoms with Crippen molar-refractivity contribution in [3.63, 3.8) is 0 Å². The molecule has 0 saturated carbocycles. The molecule has 0 radical (unpaired) electrons. The number of hydrogen-bond acceptors (Lipinski definition) is 5. The van der Waals surface area contributed by atoms with E-state index in [-0.39, 0.29) is 5.91 Å². The van der Waals surface area contributed by atoms with Crippen molar-refractivity contribution in [1.82, 2.24) is 5.32 Å². The average Bonchev–Trinajstić information content (AvgIpc) is 3.00. The lowest BCUT2D eigenvalue weighted by Crippen LogP contribution is -2.25. The van der Waals surface area contributed by atoms with Crippen LogP contribution in [0.3, 0.4) is 0 Å². The number of nitrogens with zero attached hydrogens (tertiary/aromatic N) is 1. The molecule has 0 spiro atoms. The van der Waals surface area contributed by atoms with Crippen LogP contribution in [0.15, 0.2) is 53.2 Å². The van der Waals surface area contributed by atoms with Gasteiger partial charge in [0.1, 0.15) is 28.8 Å². The van der Waals surface area contributed by atoms with E-state index in [0.29, 0.717) is 29.5 Å². The first-order valence-electron chi connectivity index (χ1n) is 8.08. The molecule has 0 bridgehead atoms. The first-order valence-corrected chi connectivity index (χ1v) is 8.08. The second kappa shape index (κ2) is 7.74. The molecule has 1 heterocycles. The van der Waals surface area contributed by atoms with Crippen molar-refractivity contribution in [3.05, 3.63) is 59.3 Å². The van der Waals surface area contributed by atoms with Crippen molar-refractivity contribution < 1.29 is 19.0 Å². The van der Waals surface area contributed by atoms with Crippen LogP contribution in [0.2, 0.25) is 0 Å². The van der Waals surface area contributed by atoms with Crippen molar-refractivity contribution in [1.29, 1.82) is 0 Å². The minimum atomic E-state index is -0.227. The van der Waals surface area contributed by atoms with Crippen molar-refractivity contribution in [2.75, 3.05) is 21.3 Å². The number of amidine groups is 1. The summed E-state index contributed by atoms with van der Waals surface area (Å²) in [4.78, 5) is 16.6. The first-order chi connectivity index (χ1) is 12.6. The van der Waals surface area contributed by atoms with Gasteiger partial charge in [0, 0.05) is 12.5 Å². The number of aliphatic imine (C=N–C) groups is 1. The predicted octanol–water partition coefficient (Wildman–Crippen LogP) is 2.82. The summed E-state index contributed by atoms with van der Waals surface area (Å²) in [5.41, 5.74) is 2.17. The van der Waals surface area contributed by atoms with E-state index in [1.807, 2.05) is 36.4 Å². The van der Waals surface area contributed by atoms with Crippen molar-refractivity contribution >= 4 is 17.8 Å². The van der Waals surface area contributed by atoms with E-state index in [1.54, 1.807) is 33.5 Å². The highest BCUT2D eigenvalue weighted by molar-refractivity contribution is 6.14. The molecule has 26 heavy (non-hydrogen) atoms. The highest BCUT2D eigenvalue weighted by atomic mass is 16.5. The smallest absolute Gasteiger partial charge is 0.275 e. The Hall–Kier alpha value is -3.28. The second-order valence-electron chi connectivity index (χ2n) is 5.71. The number of nitrogens with one attached hydrogen (secondary N) is 1. The largest absolute Gasteiger partial charge is 0.497 e. The number of carbonyl (C=O) groups is 1. The highest BCUT2D eigenvalue weighted by Gasteiger charge is 2.20. The van der Waals surface area contributed by atoms with E-state index >= 15 is 0 Å². The summed E-state index contributed by atoms with van der Waals surface area (Å²) in [5.74, 6) is 2.48. The molecular formula is C20H20N2O4. The van der Waals surface area contributed by atoms with Crippen LogP contribution in [0.1, 0.15) is 11.1 Å². The van der Waals surface area contributed by atoms with Gasteiger partial charge in [0.15, 0.2) is 0 Å². The van der Waals surface area contributed by atoms with Crippen LogP contribution < -0.4 is 19.5 Å². The summed E-state index contributed by atoms with van der Waals surface area (Å²) in [6.45, 7) is 0. The highest BCUT2D eigenvalue weighted by Crippen LogP contribution is 2.25. The van der Waals surface area contributed by atoms with Crippen LogP contribution in [0, 0.1) is 0 Å². The van der Waals surface area contributed by atoms with Crippen LogP contribution >= 0.6 is 0 Å². The van der Waals surface area contributed by atoms with E-state index in [2.05, 4.69) is 10.3 Å². The zero-order valence-corrected chi connectivity index (χ0v) is 14.9. The van der Waals surface area contributed by atoms with Crippen LogP contribution in [0.4, 0.5) is 0 Å². The standard InChI is InChI=1S/C20H20N2O4/c1-24-15-6-4-13(5-7-15)11-19-21-18(20(23)22-19)10-14-8-16(25-2)12-17(9-14)26-3/h4-10,12H,11H2,1-3H3,(H,21,22,23)/b18-10+. The van der Waals surface area contributed by atoms with Gasteiger partial charge in [-0.1, -0.05) is 12.1 Å². The molecule has 0 unspecified atom stereocenters. The molecule has 0 saturated heterocycles. The summed E-state index contributed by atoms with van der Waals surface area (Å²) in [7, 11) is 4.79. The summed E-state index contributed by atoms with van der Waals surface area (Å²) in [6.07, 6.45) is 2.25. The molecule has 6 nitrogen and oxygen atoms in total. The summed E-state index contributed by atoms with van der Waals surface area (Å²) >= 11 is 0. The van der Waals surface area contributed by atoms with Gasteiger partial charge in [-0.05, 0) is 41.5 Å². The minimum absolute atomic E-state index is 0.227.